The topological polar surface area (TPSA) is 29.9 Å². The van der Waals surface area contributed by atoms with E-state index in [0.29, 0.717) is 0 Å². The Morgan fingerprint density at radius 3 is 2.89 bits per heavy atom. The Balaban J connectivity index is 2.32. The molecule has 0 aliphatic carbocycles. The Kier molecular flexibility index (Phi) is 5.02. The number of aromatic nitrogens is 2. The van der Waals surface area contributed by atoms with Crippen LogP contribution in [0.25, 0.3) is 0 Å². The van der Waals surface area contributed by atoms with E-state index in [4.69, 9.17) is 11.6 Å². The van der Waals surface area contributed by atoms with Crippen LogP contribution in [0, 0.1) is 0 Å². The molecular formula is C14H17BrClN3. The molecule has 5 heteroatoms. The van der Waals surface area contributed by atoms with E-state index in [1.165, 1.54) is 0 Å². The van der Waals surface area contributed by atoms with Crippen LogP contribution in [0.4, 0.5) is 0 Å². The lowest BCUT2D eigenvalue weighted by Gasteiger charge is -2.16. The molecular weight excluding hydrogens is 326 g/mol. The fourth-order valence-electron chi connectivity index (χ4n) is 2.12. The van der Waals surface area contributed by atoms with Crippen LogP contribution in [0.2, 0.25) is 5.02 Å². The van der Waals surface area contributed by atoms with Gasteiger partial charge in [0.1, 0.15) is 0 Å². The third-order valence-electron chi connectivity index (χ3n) is 3.00. The van der Waals surface area contributed by atoms with Gasteiger partial charge in [-0.1, -0.05) is 40.5 Å². The lowest BCUT2D eigenvalue weighted by molar-refractivity contribution is 0.600. The van der Waals surface area contributed by atoms with Gasteiger partial charge < -0.3 is 5.32 Å². The SMILES string of the molecule is CCCn1cc(C(NC)c2ccc(Br)cc2Cl)cn1. The fourth-order valence-corrected chi connectivity index (χ4v) is 2.90. The molecule has 1 atom stereocenters. The van der Waals surface area contributed by atoms with Crippen molar-refractivity contribution in [1.29, 1.82) is 0 Å². The van der Waals surface area contributed by atoms with E-state index < -0.39 is 0 Å². The number of rotatable bonds is 5. The van der Waals surface area contributed by atoms with E-state index >= 15 is 0 Å². The van der Waals surface area contributed by atoms with Gasteiger partial charge in [0.15, 0.2) is 0 Å². The minimum Gasteiger partial charge on any atom is -0.309 e. The highest BCUT2D eigenvalue weighted by Gasteiger charge is 2.17. The lowest BCUT2D eigenvalue weighted by atomic mass is 10.0. The van der Waals surface area contributed by atoms with Gasteiger partial charge in [0.05, 0.1) is 12.2 Å². The molecule has 19 heavy (non-hydrogen) atoms. The molecule has 102 valence electrons. The first-order valence-electron chi connectivity index (χ1n) is 6.30. The predicted octanol–water partition coefficient (Wildman–Crippen LogP) is 4.02. The van der Waals surface area contributed by atoms with Crippen molar-refractivity contribution in [2.45, 2.75) is 25.9 Å². The van der Waals surface area contributed by atoms with Crippen molar-refractivity contribution in [2.24, 2.45) is 0 Å². The van der Waals surface area contributed by atoms with Gasteiger partial charge in [-0.25, -0.2) is 0 Å². The third kappa shape index (κ3) is 3.38. The Morgan fingerprint density at radius 2 is 2.26 bits per heavy atom. The molecule has 1 aromatic heterocycles. The molecule has 0 fully saturated rings. The number of benzene rings is 1. The van der Waals surface area contributed by atoms with Crippen LogP contribution in [0.15, 0.2) is 35.1 Å². The van der Waals surface area contributed by atoms with Crippen LogP contribution in [-0.2, 0) is 6.54 Å². The standard InChI is InChI=1S/C14H17BrClN3/c1-3-6-19-9-10(8-18-19)14(17-2)12-5-4-11(15)7-13(12)16/h4-5,7-9,14,17H,3,6H2,1-2H3. The van der Waals surface area contributed by atoms with Crippen LogP contribution < -0.4 is 5.32 Å². The van der Waals surface area contributed by atoms with Crippen LogP contribution in [0.3, 0.4) is 0 Å². The van der Waals surface area contributed by atoms with E-state index in [9.17, 15) is 0 Å². The quantitative estimate of drug-likeness (QED) is 0.889. The van der Waals surface area contributed by atoms with Crippen molar-refractivity contribution in [2.75, 3.05) is 7.05 Å². The summed E-state index contributed by atoms with van der Waals surface area (Å²) < 4.78 is 2.95. The number of hydrogen-bond donors (Lipinski definition) is 1. The summed E-state index contributed by atoms with van der Waals surface area (Å²) in [4.78, 5) is 0. The zero-order valence-corrected chi connectivity index (χ0v) is 13.4. The number of hydrogen-bond acceptors (Lipinski definition) is 2. The van der Waals surface area contributed by atoms with Gasteiger partial charge in [-0.05, 0) is 31.2 Å². The van der Waals surface area contributed by atoms with Crippen LogP contribution in [0.1, 0.15) is 30.5 Å². The van der Waals surface area contributed by atoms with E-state index in [1.54, 1.807) is 0 Å². The fraction of sp³-hybridized carbons (Fsp3) is 0.357. The highest BCUT2D eigenvalue weighted by Crippen LogP contribution is 2.30. The first-order valence-corrected chi connectivity index (χ1v) is 7.47. The summed E-state index contributed by atoms with van der Waals surface area (Å²) in [5.74, 6) is 0. The maximum Gasteiger partial charge on any atom is 0.0620 e. The van der Waals surface area contributed by atoms with Crippen molar-refractivity contribution in [3.63, 3.8) is 0 Å². The molecule has 0 spiro atoms. The summed E-state index contributed by atoms with van der Waals surface area (Å²) in [6.45, 7) is 3.08. The third-order valence-corrected chi connectivity index (χ3v) is 3.82. The molecule has 0 radical (unpaired) electrons. The monoisotopic (exact) mass is 341 g/mol. The van der Waals surface area contributed by atoms with Gasteiger partial charge in [-0.2, -0.15) is 5.10 Å². The zero-order chi connectivity index (χ0) is 13.8. The molecule has 0 amide bonds. The molecule has 0 saturated heterocycles. The molecule has 0 saturated carbocycles. The van der Waals surface area contributed by atoms with Gasteiger partial charge in [-0.3, -0.25) is 4.68 Å². The van der Waals surface area contributed by atoms with Crippen molar-refractivity contribution in [3.05, 3.63) is 51.2 Å². The molecule has 1 heterocycles. The summed E-state index contributed by atoms with van der Waals surface area (Å²) in [6, 6.07) is 6.01. The minimum atomic E-state index is 0.0613. The lowest BCUT2D eigenvalue weighted by Crippen LogP contribution is -2.17. The average molecular weight is 343 g/mol. The molecule has 0 aliphatic heterocycles. The molecule has 2 rings (SSSR count). The van der Waals surface area contributed by atoms with E-state index in [1.807, 2.05) is 36.1 Å². The average Bonchev–Trinajstić information content (AvgIpc) is 2.82. The summed E-state index contributed by atoms with van der Waals surface area (Å²) >= 11 is 9.75. The van der Waals surface area contributed by atoms with Crippen LogP contribution in [-0.4, -0.2) is 16.8 Å². The number of nitrogens with zero attached hydrogens (tertiary/aromatic N) is 2. The smallest absolute Gasteiger partial charge is 0.0620 e. The molecule has 0 aliphatic rings. The van der Waals surface area contributed by atoms with Gasteiger partial charge in [-0.15, -0.1) is 0 Å². The highest BCUT2D eigenvalue weighted by molar-refractivity contribution is 9.10. The van der Waals surface area contributed by atoms with Gasteiger partial charge >= 0.3 is 0 Å². The summed E-state index contributed by atoms with van der Waals surface area (Å²) in [5, 5.41) is 8.42. The molecule has 1 unspecified atom stereocenters. The van der Waals surface area contributed by atoms with Crippen LogP contribution >= 0.6 is 27.5 Å². The summed E-state index contributed by atoms with van der Waals surface area (Å²) in [7, 11) is 1.93. The molecule has 3 nitrogen and oxygen atoms in total. The van der Waals surface area contributed by atoms with E-state index in [-0.39, 0.29) is 6.04 Å². The van der Waals surface area contributed by atoms with E-state index in [2.05, 4.69) is 39.5 Å². The predicted molar refractivity (Wildman–Crippen MR) is 82.6 cm³/mol. The molecule has 0 bridgehead atoms. The number of halogens is 2. The normalized spacial score (nSPS) is 12.6. The second-order valence-electron chi connectivity index (χ2n) is 4.42. The zero-order valence-electron chi connectivity index (χ0n) is 11.0. The largest absolute Gasteiger partial charge is 0.309 e. The van der Waals surface area contributed by atoms with Crippen molar-refractivity contribution >= 4 is 27.5 Å². The molecule has 1 aromatic carbocycles. The second-order valence-corrected chi connectivity index (χ2v) is 5.75. The maximum absolute atomic E-state index is 6.32. The first kappa shape index (κ1) is 14.6. The molecule has 2 aromatic rings. The van der Waals surface area contributed by atoms with Crippen molar-refractivity contribution in [1.82, 2.24) is 15.1 Å². The number of nitrogens with one attached hydrogen (secondary N) is 1. The second kappa shape index (κ2) is 6.55. The van der Waals surface area contributed by atoms with Gasteiger partial charge in [0.25, 0.3) is 0 Å². The minimum absolute atomic E-state index is 0.0613. The Labute approximate surface area is 127 Å². The summed E-state index contributed by atoms with van der Waals surface area (Å²) in [6.07, 6.45) is 5.04. The maximum atomic E-state index is 6.32. The van der Waals surface area contributed by atoms with Crippen LogP contribution in [0.5, 0.6) is 0 Å². The van der Waals surface area contributed by atoms with Gasteiger partial charge in [0, 0.05) is 27.8 Å². The van der Waals surface area contributed by atoms with Crippen molar-refractivity contribution < 1.29 is 0 Å². The highest BCUT2D eigenvalue weighted by atomic mass is 79.9. The van der Waals surface area contributed by atoms with Gasteiger partial charge in [0.2, 0.25) is 0 Å². The Bertz CT molecular complexity index is 553. The Hall–Kier alpha value is -0.840. The van der Waals surface area contributed by atoms with Crippen molar-refractivity contribution in [3.8, 4) is 0 Å². The molecule has 1 N–H and O–H groups in total. The van der Waals surface area contributed by atoms with E-state index in [0.717, 1.165) is 33.6 Å². The Morgan fingerprint density at radius 1 is 1.47 bits per heavy atom. The summed E-state index contributed by atoms with van der Waals surface area (Å²) in [5.41, 5.74) is 2.18. The first-order chi connectivity index (χ1) is 9.15. The number of aryl methyl sites for hydroxylation is 1.